The monoisotopic (exact) mass is 240 g/mol. The molecule has 1 saturated heterocycles. The first-order chi connectivity index (χ1) is 8.20. The minimum Gasteiger partial charge on any atom is -0.466 e. The van der Waals surface area contributed by atoms with E-state index in [2.05, 4.69) is 10.6 Å². The van der Waals surface area contributed by atoms with Crippen LogP contribution in [0.15, 0.2) is 0 Å². The predicted octanol–water partition coefficient (Wildman–Crippen LogP) is 0.339. The van der Waals surface area contributed by atoms with E-state index in [1.807, 2.05) is 0 Å². The van der Waals surface area contributed by atoms with Gasteiger partial charge in [-0.05, 0) is 19.8 Å². The molecule has 0 aromatic heterocycles. The summed E-state index contributed by atoms with van der Waals surface area (Å²) in [5.41, 5.74) is 0. The lowest BCUT2D eigenvalue weighted by Gasteiger charge is -2.40. The number of piperazine rings is 1. The molecule has 0 spiro atoms. The molecule has 5 heteroatoms. The summed E-state index contributed by atoms with van der Waals surface area (Å²) in [6.45, 7) is 2.13. The molecule has 1 aliphatic heterocycles. The molecule has 1 saturated carbocycles. The second kappa shape index (κ2) is 5.49. The molecule has 0 unspecified atom stereocenters. The summed E-state index contributed by atoms with van der Waals surface area (Å²) >= 11 is 0. The van der Waals surface area contributed by atoms with Crippen LogP contribution >= 0.6 is 0 Å². The molecular formula is C12H20N2O3. The Hall–Kier alpha value is -1.10. The number of amides is 1. The van der Waals surface area contributed by atoms with E-state index in [-0.39, 0.29) is 24.3 Å². The van der Waals surface area contributed by atoms with Crippen molar-refractivity contribution >= 4 is 11.9 Å². The van der Waals surface area contributed by atoms with Crippen molar-refractivity contribution in [2.45, 2.75) is 57.2 Å². The third-order valence-electron chi connectivity index (χ3n) is 3.50. The summed E-state index contributed by atoms with van der Waals surface area (Å²) in [6.07, 6.45) is 4.60. The zero-order valence-electron chi connectivity index (χ0n) is 10.2. The Kier molecular flexibility index (Phi) is 3.99. The summed E-state index contributed by atoms with van der Waals surface area (Å²) in [7, 11) is 0. The number of rotatable bonds is 3. The normalized spacial score (nSPS) is 32.5. The standard InChI is InChI=1S/C12H20N2O3/c1-2-17-11(15)7-10-12(16)14-9-6-4-3-5-8(9)13-10/h8-10,13H,2-7H2,1H3,(H,14,16)/t8-,9-,10-/m0/s1. The van der Waals surface area contributed by atoms with Crippen LogP contribution in [0.5, 0.6) is 0 Å². The molecule has 1 aliphatic carbocycles. The van der Waals surface area contributed by atoms with Crippen LogP contribution in [-0.4, -0.2) is 36.6 Å². The zero-order chi connectivity index (χ0) is 12.3. The fraction of sp³-hybridized carbons (Fsp3) is 0.833. The first kappa shape index (κ1) is 12.4. The van der Waals surface area contributed by atoms with Gasteiger partial charge < -0.3 is 15.4 Å². The van der Waals surface area contributed by atoms with Gasteiger partial charge >= 0.3 is 5.97 Å². The Morgan fingerprint density at radius 1 is 1.35 bits per heavy atom. The molecule has 2 N–H and O–H groups in total. The van der Waals surface area contributed by atoms with Gasteiger partial charge in [0.15, 0.2) is 0 Å². The number of esters is 1. The summed E-state index contributed by atoms with van der Waals surface area (Å²) in [4.78, 5) is 23.2. The van der Waals surface area contributed by atoms with Gasteiger partial charge in [0.05, 0.1) is 19.1 Å². The van der Waals surface area contributed by atoms with Crippen molar-refractivity contribution in [3.05, 3.63) is 0 Å². The quantitative estimate of drug-likeness (QED) is 0.698. The number of carbonyl (C=O) groups excluding carboxylic acids is 2. The van der Waals surface area contributed by atoms with Crippen molar-refractivity contribution in [2.75, 3.05) is 6.61 Å². The van der Waals surface area contributed by atoms with Crippen molar-refractivity contribution in [1.29, 1.82) is 0 Å². The SMILES string of the molecule is CCOC(=O)C[C@@H]1N[C@H]2CCCC[C@@H]2NC1=O. The highest BCUT2D eigenvalue weighted by atomic mass is 16.5. The predicted molar refractivity (Wildman–Crippen MR) is 62.4 cm³/mol. The highest BCUT2D eigenvalue weighted by Crippen LogP contribution is 2.22. The first-order valence-corrected chi connectivity index (χ1v) is 6.42. The number of ether oxygens (including phenoxy) is 1. The van der Waals surface area contributed by atoms with Crippen molar-refractivity contribution in [3.63, 3.8) is 0 Å². The van der Waals surface area contributed by atoms with Gasteiger partial charge in [0, 0.05) is 12.1 Å². The van der Waals surface area contributed by atoms with Gasteiger partial charge in [0.25, 0.3) is 0 Å². The number of hydrogen-bond donors (Lipinski definition) is 2. The molecule has 0 aromatic rings. The second-order valence-corrected chi connectivity index (χ2v) is 4.73. The van der Waals surface area contributed by atoms with Crippen LogP contribution in [0.25, 0.3) is 0 Å². The molecule has 0 radical (unpaired) electrons. The largest absolute Gasteiger partial charge is 0.466 e. The van der Waals surface area contributed by atoms with Gasteiger partial charge in [-0.25, -0.2) is 0 Å². The number of nitrogens with one attached hydrogen (secondary N) is 2. The van der Waals surface area contributed by atoms with E-state index in [1.54, 1.807) is 6.92 Å². The minimum absolute atomic E-state index is 0.0683. The fourth-order valence-electron chi connectivity index (χ4n) is 2.66. The van der Waals surface area contributed by atoms with Gasteiger partial charge in [-0.15, -0.1) is 0 Å². The number of hydrogen-bond acceptors (Lipinski definition) is 4. The smallest absolute Gasteiger partial charge is 0.307 e. The van der Waals surface area contributed by atoms with Crippen LogP contribution in [0, 0.1) is 0 Å². The maximum Gasteiger partial charge on any atom is 0.307 e. The molecule has 17 heavy (non-hydrogen) atoms. The van der Waals surface area contributed by atoms with Crippen LogP contribution in [0.4, 0.5) is 0 Å². The molecule has 0 bridgehead atoms. The highest BCUT2D eigenvalue weighted by Gasteiger charge is 2.37. The third kappa shape index (κ3) is 2.97. The first-order valence-electron chi connectivity index (χ1n) is 6.42. The van der Waals surface area contributed by atoms with Gasteiger partial charge in [0.1, 0.15) is 0 Å². The van der Waals surface area contributed by atoms with Crippen molar-refractivity contribution < 1.29 is 14.3 Å². The third-order valence-corrected chi connectivity index (χ3v) is 3.50. The summed E-state index contributed by atoms with van der Waals surface area (Å²) in [5.74, 6) is -0.379. The van der Waals surface area contributed by atoms with Crippen LogP contribution in [0.2, 0.25) is 0 Å². The van der Waals surface area contributed by atoms with E-state index >= 15 is 0 Å². The maximum absolute atomic E-state index is 11.8. The van der Waals surface area contributed by atoms with E-state index in [0.717, 1.165) is 12.8 Å². The maximum atomic E-state index is 11.8. The van der Waals surface area contributed by atoms with E-state index in [4.69, 9.17) is 4.74 Å². The Morgan fingerprint density at radius 3 is 2.76 bits per heavy atom. The molecule has 2 aliphatic rings. The minimum atomic E-state index is -0.423. The number of fused-ring (bicyclic) bond motifs is 1. The average Bonchev–Trinajstić information content (AvgIpc) is 2.30. The van der Waals surface area contributed by atoms with Crippen LogP contribution in [-0.2, 0) is 14.3 Å². The molecule has 2 fully saturated rings. The molecule has 1 heterocycles. The van der Waals surface area contributed by atoms with Crippen LogP contribution in [0.1, 0.15) is 39.0 Å². The van der Waals surface area contributed by atoms with E-state index < -0.39 is 6.04 Å². The Morgan fingerprint density at radius 2 is 2.06 bits per heavy atom. The van der Waals surface area contributed by atoms with Crippen molar-refractivity contribution in [1.82, 2.24) is 10.6 Å². The summed E-state index contributed by atoms with van der Waals surface area (Å²) in [5, 5.41) is 6.29. The lowest BCUT2D eigenvalue weighted by atomic mass is 9.87. The van der Waals surface area contributed by atoms with E-state index in [9.17, 15) is 9.59 Å². The van der Waals surface area contributed by atoms with Gasteiger partial charge in [-0.2, -0.15) is 0 Å². The summed E-state index contributed by atoms with van der Waals surface area (Å²) < 4.78 is 4.87. The van der Waals surface area contributed by atoms with Crippen molar-refractivity contribution in [2.24, 2.45) is 0 Å². The summed E-state index contributed by atoms with van der Waals surface area (Å²) in [6, 6.07) is 0.143. The van der Waals surface area contributed by atoms with Crippen LogP contribution < -0.4 is 10.6 Å². The molecular weight excluding hydrogens is 220 g/mol. The lowest BCUT2D eigenvalue weighted by molar-refractivity contribution is -0.146. The van der Waals surface area contributed by atoms with Crippen LogP contribution in [0.3, 0.4) is 0 Å². The fourth-order valence-corrected chi connectivity index (χ4v) is 2.66. The molecule has 5 nitrogen and oxygen atoms in total. The topological polar surface area (TPSA) is 67.4 Å². The molecule has 0 aromatic carbocycles. The van der Waals surface area contributed by atoms with E-state index in [1.165, 1.54) is 12.8 Å². The molecule has 2 rings (SSSR count). The number of carbonyl (C=O) groups is 2. The van der Waals surface area contributed by atoms with Gasteiger partial charge in [0.2, 0.25) is 5.91 Å². The molecule has 3 atom stereocenters. The average molecular weight is 240 g/mol. The Balaban J connectivity index is 1.90. The second-order valence-electron chi connectivity index (χ2n) is 4.73. The molecule has 96 valence electrons. The Labute approximate surface area is 101 Å². The highest BCUT2D eigenvalue weighted by molar-refractivity contribution is 5.87. The lowest BCUT2D eigenvalue weighted by Crippen LogP contribution is -2.65. The molecule has 1 amide bonds. The zero-order valence-corrected chi connectivity index (χ0v) is 10.2. The van der Waals surface area contributed by atoms with Crippen molar-refractivity contribution in [3.8, 4) is 0 Å². The van der Waals surface area contributed by atoms with Gasteiger partial charge in [-0.3, -0.25) is 9.59 Å². The Bertz CT molecular complexity index is 306. The van der Waals surface area contributed by atoms with Gasteiger partial charge in [-0.1, -0.05) is 12.8 Å². The van der Waals surface area contributed by atoms with E-state index in [0.29, 0.717) is 12.6 Å².